The van der Waals surface area contributed by atoms with Crippen LogP contribution >= 0.6 is 0 Å². The summed E-state index contributed by atoms with van der Waals surface area (Å²) in [5.41, 5.74) is 10.3. The van der Waals surface area contributed by atoms with E-state index in [-0.39, 0.29) is 32.5 Å². The quantitative estimate of drug-likeness (QED) is 0.177. The molecule has 1 aliphatic carbocycles. The lowest BCUT2D eigenvalue weighted by molar-refractivity contribution is 0.569. The SMILES string of the molecule is CCCC1=CCC=C1[Si](c1cc(C(C)(C)C)cc(C(C)(C)C)c1)(c1cc(C(C)(C)C)cc(C(C)(C)C)c1)c1cc(C(C)(C)C)cc(C(C)(C)C)c1. The Hall–Kier alpha value is -2.64. The summed E-state index contributed by atoms with van der Waals surface area (Å²) < 4.78 is 0. The first-order valence-electron chi connectivity index (χ1n) is 19.9. The molecule has 0 aliphatic heterocycles. The molecule has 0 N–H and O–H groups in total. The summed E-state index contributed by atoms with van der Waals surface area (Å²) in [6, 6.07) is 23.5. The Labute approximate surface area is 316 Å². The molecule has 0 aromatic heterocycles. The predicted molar refractivity (Wildman–Crippen MR) is 232 cm³/mol. The van der Waals surface area contributed by atoms with Gasteiger partial charge in [0.05, 0.1) is 0 Å². The van der Waals surface area contributed by atoms with Crippen molar-refractivity contribution in [3.63, 3.8) is 0 Å². The van der Waals surface area contributed by atoms with Crippen LogP contribution < -0.4 is 15.6 Å². The monoisotopic (exact) mass is 703 g/mol. The van der Waals surface area contributed by atoms with Gasteiger partial charge in [0.1, 0.15) is 0 Å². The van der Waals surface area contributed by atoms with Crippen molar-refractivity contribution in [1.82, 2.24) is 0 Å². The largest absolute Gasteiger partial charge is 0.179 e. The Kier molecular flexibility index (Phi) is 11.0. The summed E-state index contributed by atoms with van der Waals surface area (Å²) in [5, 5.41) is 6.22. The van der Waals surface area contributed by atoms with Crippen molar-refractivity contribution < 1.29 is 0 Å². The summed E-state index contributed by atoms with van der Waals surface area (Å²) >= 11 is 0. The second-order valence-corrected chi connectivity index (χ2v) is 25.8. The fraction of sp³-hybridized carbons (Fsp3) is 0.560. The number of hydrogen-bond acceptors (Lipinski definition) is 0. The van der Waals surface area contributed by atoms with Crippen LogP contribution in [0.25, 0.3) is 0 Å². The van der Waals surface area contributed by atoms with Crippen LogP contribution in [0.1, 0.15) is 184 Å². The normalized spacial score (nSPS) is 15.3. The molecule has 1 aliphatic rings. The highest BCUT2D eigenvalue weighted by Crippen LogP contribution is 2.38. The van der Waals surface area contributed by atoms with Crippen LogP contribution in [0.15, 0.2) is 77.5 Å². The van der Waals surface area contributed by atoms with E-state index < -0.39 is 8.07 Å². The number of benzene rings is 3. The van der Waals surface area contributed by atoms with Gasteiger partial charge >= 0.3 is 0 Å². The third-order valence-corrected chi connectivity index (χ3v) is 16.0. The highest BCUT2D eigenvalue weighted by molar-refractivity contribution is 7.16. The first-order chi connectivity index (χ1) is 23.0. The maximum atomic E-state index is 2.66. The summed E-state index contributed by atoms with van der Waals surface area (Å²) in [5.74, 6) is 0. The van der Waals surface area contributed by atoms with Gasteiger partial charge < -0.3 is 0 Å². The van der Waals surface area contributed by atoms with E-state index in [9.17, 15) is 0 Å². The summed E-state index contributed by atoms with van der Waals surface area (Å²) in [6.45, 7) is 45.5. The molecular formula is C50H74Si. The van der Waals surface area contributed by atoms with Crippen molar-refractivity contribution >= 4 is 23.6 Å². The Balaban J connectivity index is 2.47. The fourth-order valence-electron chi connectivity index (χ4n) is 7.56. The minimum Gasteiger partial charge on any atom is -0.0801 e. The molecule has 0 fully saturated rings. The third kappa shape index (κ3) is 8.61. The van der Waals surface area contributed by atoms with Crippen LogP contribution in [0.5, 0.6) is 0 Å². The number of rotatable bonds is 6. The molecule has 0 atom stereocenters. The maximum absolute atomic E-state index is 2.96. The summed E-state index contributed by atoms with van der Waals surface area (Å²) in [6.07, 6.45) is 8.49. The number of hydrogen-bond donors (Lipinski definition) is 0. The smallest absolute Gasteiger partial charge is 0.0801 e. The molecule has 1 heteroatoms. The summed E-state index contributed by atoms with van der Waals surface area (Å²) in [7, 11) is -2.96. The van der Waals surface area contributed by atoms with Gasteiger partial charge in [0.15, 0.2) is 8.07 Å². The van der Waals surface area contributed by atoms with Crippen molar-refractivity contribution in [2.75, 3.05) is 0 Å². The zero-order chi connectivity index (χ0) is 38.8. The Morgan fingerprint density at radius 1 is 0.392 bits per heavy atom. The molecule has 0 saturated heterocycles. The Bertz CT molecular complexity index is 1520. The van der Waals surface area contributed by atoms with Crippen molar-refractivity contribution in [2.24, 2.45) is 0 Å². The van der Waals surface area contributed by atoms with Gasteiger partial charge in [-0.2, -0.15) is 0 Å². The topological polar surface area (TPSA) is 0 Å². The molecule has 0 heterocycles. The standard InChI is InChI=1S/C50H74Si/c1-20-22-34-23-21-24-44(34)51(41-28-35(45(2,3)4)25-36(29-41)46(5,6)7,42-30-37(47(8,9)10)26-38(31-42)48(11,12)13)43-32-39(49(14,15)16)27-40(33-43)50(17,18)19/h23-33H,20-22H2,1-19H3. The molecule has 0 unspecified atom stereocenters. The van der Waals surface area contributed by atoms with E-state index in [1.165, 1.54) is 48.9 Å². The van der Waals surface area contributed by atoms with E-state index in [1.54, 1.807) is 10.8 Å². The minimum atomic E-state index is -2.96. The molecule has 0 bridgehead atoms. The zero-order valence-electron chi connectivity index (χ0n) is 36.5. The summed E-state index contributed by atoms with van der Waals surface area (Å²) in [4.78, 5) is 0. The molecule has 51 heavy (non-hydrogen) atoms. The Morgan fingerprint density at radius 3 is 0.863 bits per heavy atom. The Morgan fingerprint density at radius 2 is 0.647 bits per heavy atom. The highest BCUT2D eigenvalue weighted by Gasteiger charge is 2.47. The van der Waals surface area contributed by atoms with Gasteiger partial charge in [-0.3, -0.25) is 0 Å². The van der Waals surface area contributed by atoms with E-state index in [0.717, 1.165) is 19.3 Å². The maximum Gasteiger partial charge on any atom is 0.179 e. The average molecular weight is 703 g/mol. The van der Waals surface area contributed by atoms with Crippen LogP contribution in [-0.4, -0.2) is 8.07 Å². The average Bonchev–Trinajstić information content (AvgIpc) is 3.43. The van der Waals surface area contributed by atoms with Crippen LogP contribution in [0, 0.1) is 0 Å². The van der Waals surface area contributed by atoms with Crippen LogP contribution in [-0.2, 0) is 32.5 Å². The van der Waals surface area contributed by atoms with Crippen molar-refractivity contribution in [2.45, 2.75) is 183 Å². The van der Waals surface area contributed by atoms with E-state index in [1.807, 2.05) is 0 Å². The molecule has 0 saturated carbocycles. The highest BCUT2D eigenvalue weighted by atomic mass is 28.3. The molecular weight excluding hydrogens is 629 g/mol. The lowest BCUT2D eigenvalue weighted by atomic mass is 9.80. The molecule has 3 aromatic rings. The van der Waals surface area contributed by atoms with Crippen molar-refractivity contribution in [3.05, 3.63) is 111 Å². The van der Waals surface area contributed by atoms with Gasteiger partial charge in [-0.1, -0.05) is 210 Å². The van der Waals surface area contributed by atoms with E-state index in [0.29, 0.717) is 0 Å². The van der Waals surface area contributed by atoms with Gasteiger partial charge in [0.2, 0.25) is 0 Å². The van der Waals surface area contributed by atoms with Crippen molar-refractivity contribution in [3.8, 4) is 0 Å². The molecule has 4 rings (SSSR count). The van der Waals surface area contributed by atoms with Gasteiger partial charge in [-0.15, -0.1) is 0 Å². The number of allylic oxidation sites excluding steroid dienone is 4. The first kappa shape index (κ1) is 41.1. The molecule has 0 nitrogen and oxygen atoms in total. The zero-order valence-corrected chi connectivity index (χ0v) is 37.5. The van der Waals surface area contributed by atoms with Crippen LogP contribution in [0.3, 0.4) is 0 Å². The minimum absolute atomic E-state index is 0.00987. The van der Waals surface area contributed by atoms with Crippen LogP contribution in [0.4, 0.5) is 0 Å². The molecule has 278 valence electrons. The second-order valence-electron chi connectivity index (χ2n) is 22.0. The third-order valence-electron chi connectivity index (χ3n) is 11.2. The lowest BCUT2D eigenvalue weighted by Gasteiger charge is -2.41. The van der Waals surface area contributed by atoms with Gasteiger partial charge in [-0.05, 0) is 99.5 Å². The lowest BCUT2D eigenvalue weighted by Crippen LogP contribution is -2.69. The second kappa shape index (κ2) is 13.6. The van der Waals surface area contributed by atoms with Crippen LogP contribution in [0.2, 0.25) is 0 Å². The molecule has 0 amide bonds. The molecule has 0 spiro atoms. The van der Waals surface area contributed by atoms with Crippen molar-refractivity contribution in [1.29, 1.82) is 0 Å². The van der Waals surface area contributed by atoms with Gasteiger partial charge in [-0.25, -0.2) is 0 Å². The molecule has 0 radical (unpaired) electrons. The first-order valence-corrected chi connectivity index (χ1v) is 21.9. The van der Waals surface area contributed by atoms with Gasteiger partial charge in [0.25, 0.3) is 0 Å². The van der Waals surface area contributed by atoms with E-state index >= 15 is 0 Å². The molecule has 3 aromatic carbocycles. The predicted octanol–water partition coefficient (Wildman–Crippen LogP) is 12.5. The fourth-order valence-corrected chi connectivity index (χ4v) is 12.9. The van der Waals surface area contributed by atoms with Gasteiger partial charge in [0, 0.05) is 0 Å². The van der Waals surface area contributed by atoms with E-state index in [4.69, 9.17) is 0 Å². The van der Waals surface area contributed by atoms with E-state index in [2.05, 4.69) is 198 Å².